The van der Waals surface area contributed by atoms with Crippen LogP contribution in [0.15, 0.2) is 84.9 Å². The van der Waals surface area contributed by atoms with E-state index in [9.17, 15) is 19.2 Å². The standard InChI is InChI=1S/C33H28N2O6/c1-19-11-15-28(40-4)26(16-19)34-30(36)29(22-8-6-5-7-9-22)41-33(39)23-13-14-24-25(18-23)32(38)35(31(24)37)27-17-20(2)10-12-21(27)3/h5-18,29H,1-4H3,(H,34,36)/t29-/m0/s1. The number of nitrogens with zero attached hydrogens (tertiary/aromatic N) is 1. The van der Waals surface area contributed by atoms with Crippen LogP contribution in [0.1, 0.15) is 59.4 Å². The first-order chi connectivity index (χ1) is 19.7. The van der Waals surface area contributed by atoms with Crippen LogP contribution in [0.5, 0.6) is 5.75 Å². The van der Waals surface area contributed by atoms with Crippen molar-refractivity contribution in [1.82, 2.24) is 0 Å². The number of rotatable bonds is 7. The zero-order valence-electron chi connectivity index (χ0n) is 23.1. The van der Waals surface area contributed by atoms with Gasteiger partial charge in [-0.15, -0.1) is 0 Å². The molecule has 0 saturated heterocycles. The summed E-state index contributed by atoms with van der Waals surface area (Å²) < 4.78 is 11.1. The lowest BCUT2D eigenvalue weighted by molar-refractivity contribution is -0.125. The predicted molar refractivity (Wildman–Crippen MR) is 154 cm³/mol. The summed E-state index contributed by atoms with van der Waals surface area (Å²) in [6.45, 7) is 5.58. The zero-order chi connectivity index (χ0) is 29.3. The molecule has 0 spiro atoms. The van der Waals surface area contributed by atoms with E-state index in [1.54, 1.807) is 48.5 Å². The van der Waals surface area contributed by atoms with Crippen LogP contribution in [0.25, 0.3) is 0 Å². The number of nitrogens with one attached hydrogen (secondary N) is 1. The van der Waals surface area contributed by atoms with Crippen LogP contribution >= 0.6 is 0 Å². The van der Waals surface area contributed by atoms with Crippen LogP contribution in [0.2, 0.25) is 0 Å². The molecule has 4 aromatic carbocycles. The number of methoxy groups -OCH3 is 1. The van der Waals surface area contributed by atoms with E-state index in [2.05, 4.69) is 5.32 Å². The SMILES string of the molecule is COc1ccc(C)cc1NC(=O)[C@@H](OC(=O)c1ccc2c(c1)C(=O)N(c1cc(C)ccc1C)C2=O)c1ccccc1. The maximum atomic E-state index is 13.5. The summed E-state index contributed by atoms with van der Waals surface area (Å²) in [5.41, 5.74) is 4.28. The highest BCUT2D eigenvalue weighted by atomic mass is 16.5. The minimum absolute atomic E-state index is 0.0366. The number of ether oxygens (including phenoxy) is 2. The van der Waals surface area contributed by atoms with Gasteiger partial charge in [0.15, 0.2) is 0 Å². The molecule has 0 saturated carbocycles. The highest BCUT2D eigenvalue weighted by Gasteiger charge is 2.38. The quantitative estimate of drug-likeness (QED) is 0.226. The largest absolute Gasteiger partial charge is 0.495 e. The van der Waals surface area contributed by atoms with Gasteiger partial charge in [-0.05, 0) is 73.9 Å². The number of carbonyl (C=O) groups is 4. The number of hydrogen-bond donors (Lipinski definition) is 1. The van der Waals surface area contributed by atoms with Gasteiger partial charge in [0.2, 0.25) is 6.10 Å². The van der Waals surface area contributed by atoms with Crippen LogP contribution in [-0.2, 0) is 9.53 Å². The molecule has 1 aliphatic rings. The summed E-state index contributed by atoms with van der Waals surface area (Å²) in [4.78, 5) is 54.5. The van der Waals surface area contributed by atoms with Crippen molar-refractivity contribution in [2.45, 2.75) is 26.9 Å². The van der Waals surface area contributed by atoms with Crippen molar-refractivity contribution in [2.75, 3.05) is 17.3 Å². The van der Waals surface area contributed by atoms with E-state index < -0.39 is 29.8 Å². The fourth-order valence-corrected chi connectivity index (χ4v) is 4.74. The van der Waals surface area contributed by atoms with E-state index in [4.69, 9.17) is 9.47 Å². The molecule has 0 unspecified atom stereocenters. The molecule has 8 heteroatoms. The van der Waals surface area contributed by atoms with E-state index in [0.717, 1.165) is 21.6 Å². The average Bonchev–Trinajstić information content (AvgIpc) is 3.22. The fraction of sp³-hybridized carbons (Fsp3) is 0.152. The van der Waals surface area contributed by atoms with Crippen LogP contribution in [0.3, 0.4) is 0 Å². The number of amides is 3. The van der Waals surface area contributed by atoms with Gasteiger partial charge in [0.1, 0.15) is 5.75 Å². The van der Waals surface area contributed by atoms with Crippen molar-refractivity contribution in [3.05, 3.63) is 124 Å². The fourth-order valence-electron chi connectivity index (χ4n) is 4.74. The van der Waals surface area contributed by atoms with Crippen molar-refractivity contribution >= 4 is 35.1 Å². The molecule has 0 aromatic heterocycles. The Bertz CT molecular complexity index is 1700. The molecule has 0 aliphatic carbocycles. The van der Waals surface area contributed by atoms with Crippen LogP contribution in [0, 0.1) is 20.8 Å². The smallest absolute Gasteiger partial charge is 0.339 e. The molecule has 3 amide bonds. The summed E-state index contributed by atoms with van der Waals surface area (Å²) in [5.74, 6) is -1.94. The minimum Gasteiger partial charge on any atom is -0.495 e. The van der Waals surface area contributed by atoms with Crippen molar-refractivity contribution < 1.29 is 28.7 Å². The molecule has 5 rings (SSSR count). The van der Waals surface area contributed by atoms with Gasteiger partial charge in [-0.3, -0.25) is 14.4 Å². The van der Waals surface area contributed by atoms with Crippen molar-refractivity contribution in [3.63, 3.8) is 0 Å². The number of carbonyl (C=O) groups excluding carboxylic acids is 4. The Kier molecular flexibility index (Phi) is 7.40. The first kappa shape index (κ1) is 27.3. The van der Waals surface area contributed by atoms with Crippen molar-refractivity contribution in [1.29, 1.82) is 0 Å². The predicted octanol–water partition coefficient (Wildman–Crippen LogP) is 5.96. The minimum atomic E-state index is -1.30. The van der Waals surface area contributed by atoms with Gasteiger partial charge in [-0.2, -0.15) is 0 Å². The number of hydrogen-bond acceptors (Lipinski definition) is 6. The third-order valence-corrected chi connectivity index (χ3v) is 6.91. The molecule has 41 heavy (non-hydrogen) atoms. The van der Waals surface area contributed by atoms with Gasteiger partial charge in [0.25, 0.3) is 17.7 Å². The number of anilines is 2. The molecular formula is C33H28N2O6. The Labute approximate surface area is 237 Å². The Morgan fingerprint density at radius 1 is 0.780 bits per heavy atom. The second-order valence-electron chi connectivity index (χ2n) is 9.89. The number of imide groups is 1. The number of benzene rings is 4. The Hall–Kier alpha value is -5.24. The lowest BCUT2D eigenvalue weighted by atomic mass is 10.1. The van der Waals surface area contributed by atoms with Crippen LogP contribution in [-0.4, -0.2) is 30.8 Å². The van der Waals surface area contributed by atoms with Gasteiger partial charge >= 0.3 is 5.97 Å². The monoisotopic (exact) mass is 548 g/mol. The normalized spacial score (nSPS) is 13.0. The van der Waals surface area contributed by atoms with E-state index in [0.29, 0.717) is 22.7 Å². The summed E-state index contributed by atoms with van der Waals surface area (Å²) >= 11 is 0. The topological polar surface area (TPSA) is 102 Å². The first-order valence-electron chi connectivity index (χ1n) is 13.0. The van der Waals surface area contributed by atoms with Crippen LogP contribution in [0.4, 0.5) is 11.4 Å². The zero-order valence-corrected chi connectivity index (χ0v) is 23.1. The maximum Gasteiger partial charge on any atom is 0.339 e. The molecule has 8 nitrogen and oxygen atoms in total. The number of aryl methyl sites for hydroxylation is 3. The summed E-state index contributed by atoms with van der Waals surface area (Å²) in [5, 5.41) is 2.80. The molecular weight excluding hydrogens is 520 g/mol. The summed E-state index contributed by atoms with van der Waals surface area (Å²) in [6, 6.07) is 23.7. The molecule has 0 radical (unpaired) electrons. The Balaban J connectivity index is 1.43. The van der Waals surface area contributed by atoms with Gasteiger partial charge < -0.3 is 14.8 Å². The highest BCUT2D eigenvalue weighted by molar-refractivity contribution is 6.35. The molecule has 4 aromatic rings. The lowest BCUT2D eigenvalue weighted by Gasteiger charge is -2.19. The molecule has 1 atom stereocenters. The molecule has 1 heterocycles. The highest BCUT2D eigenvalue weighted by Crippen LogP contribution is 2.33. The third-order valence-electron chi connectivity index (χ3n) is 6.91. The summed E-state index contributed by atoms with van der Waals surface area (Å²) in [6.07, 6.45) is -1.30. The van der Waals surface area contributed by atoms with Gasteiger partial charge in [-0.25, -0.2) is 9.69 Å². The first-order valence-corrected chi connectivity index (χ1v) is 13.0. The van der Waals surface area contributed by atoms with Crippen LogP contribution < -0.4 is 15.0 Å². The second-order valence-corrected chi connectivity index (χ2v) is 9.89. The molecule has 1 aliphatic heterocycles. The maximum absolute atomic E-state index is 13.5. The Morgan fingerprint density at radius 3 is 2.20 bits per heavy atom. The molecule has 0 fully saturated rings. The third kappa shape index (κ3) is 5.32. The molecule has 1 N–H and O–H groups in total. The lowest BCUT2D eigenvalue weighted by Crippen LogP contribution is -2.30. The van der Waals surface area contributed by atoms with E-state index in [1.807, 2.05) is 39.0 Å². The van der Waals surface area contributed by atoms with E-state index in [-0.39, 0.29) is 16.7 Å². The number of esters is 1. The van der Waals surface area contributed by atoms with Crippen molar-refractivity contribution in [3.8, 4) is 5.75 Å². The van der Waals surface area contributed by atoms with Crippen molar-refractivity contribution in [2.24, 2.45) is 0 Å². The number of fused-ring (bicyclic) bond motifs is 1. The molecule has 206 valence electrons. The van der Waals surface area contributed by atoms with E-state index >= 15 is 0 Å². The van der Waals surface area contributed by atoms with Gasteiger partial charge in [-0.1, -0.05) is 48.5 Å². The molecule has 0 bridgehead atoms. The van der Waals surface area contributed by atoms with E-state index in [1.165, 1.54) is 25.3 Å². The average molecular weight is 549 g/mol. The van der Waals surface area contributed by atoms with Gasteiger partial charge in [0.05, 0.1) is 35.2 Å². The van der Waals surface area contributed by atoms with Gasteiger partial charge in [0, 0.05) is 5.56 Å². The second kappa shape index (κ2) is 11.1. The summed E-state index contributed by atoms with van der Waals surface area (Å²) in [7, 11) is 1.50. The Morgan fingerprint density at radius 2 is 1.46 bits per heavy atom.